The quantitative estimate of drug-likeness (QED) is 0.537. The lowest BCUT2D eigenvalue weighted by molar-refractivity contribution is -0.123. The van der Waals surface area contributed by atoms with Crippen molar-refractivity contribution < 1.29 is 9.53 Å². The number of aromatic nitrogens is 1. The standard InChI is InChI=1S/C19H18ClN3O2/c1-12-6-5-7-13(2)18(12)25-11-17(24)23-21-10-15-14-8-3-4-9-16(14)22-19(15)20/h3-10,22H,11H2,1-2H3,(H,23,24)/b21-10+. The van der Waals surface area contributed by atoms with E-state index in [1.54, 1.807) is 0 Å². The summed E-state index contributed by atoms with van der Waals surface area (Å²) in [5.74, 6) is 0.385. The van der Waals surface area contributed by atoms with Gasteiger partial charge < -0.3 is 9.72 Å². The first-order valence-corrected chi connectivity index (χ1v) is 8.21. The van der Waals surface area contributed by atoms with Crippen molar-refractivity contribution in [1.82, 2.24) is 10.4 Å². The number of aromatic amines is 1. The van der Waals surface area contributed by atoms with Gasteiger partial charge >= 0.3 is 0 Å². The zero-order chi connectivity index (χ0) is 17.8. The number of hydrazone groups is 1. The second-order valence-corrected chi connectivity index (χ2v) is 6.08. The molecule has 0 saturated heterocycles. The van der Waals surface area contributed by atoms with E-state index in [0.29, 0.717) is 5.15 Å². The van der Waals surface area contributed by atoms with Crippen LogP contribution in [0.5, 0.6) is 5.75 Å². The van der Waals surface area contributed by atoms with Gasteiger partial charge in [0.05, 0.1) is 6.21 Å². The molecule has 0 aliphatic rings. The molecule has 1 heterocycles. The Morgan fingerprint density at radius 1 is 1.20 bits per heavy atom. The summed E-state index contributed by atoms with van der Waals surface area (Å²) in [5.41, 5.74) is 6.08. The van der Waals surface area contributed by atoms with Gasteiger partial charge in [0, 0.05) is 16.5 Å². The zero-order valence-corrected chi connectivity index (χ0v) is 14.7. The van der Waals surface area contributed by atoms with Gasteiger partial charge in [-0.25, -0.2) is 5.43 Å². The van der Waals surface area contributed by atoms with E-state index in [1.165, 1.54) is 6.21 Å². The molecular weight excluding hydrogens is 338 g/mol. The number of H-pyrrole nitrogens is 1. The Labute approximate surface area is 150 Å². The smallest absolute Gasteiger partial charge is 0.277 e. The van der Waals surface area contributed by atoms with Crippen LogP contribution < -0.4 is 10.2 Å². The van der Waals surface area contributed by atoms with E-state index in [2.05, 4.69) is 15.5 Å². The highest BCUT2D eigenvalue weighted by Gasteiger charge is 2.08. The fraction of sp³-hybridized carbons (Fsp3) is 0.158. The summed E-state index contributed by atoms with van der Waals surface area (Å²) >= 11 is 6.17. The molecule has 2 aromatic carbocycles. The van der Waals surface area contributed by atoms with Crippen LogP contribution in [0.4, 0.5) is 0 Å². The topological polar surface area (TPSA) is 66.5 Å². The SMILES string of the molecule is Cc1cccc(C)c1OCC(=O)N/N=C/c1c(Cl)[nH]c2ccccc12. The van der Waals surface area contributed by atoms with E-state index >= 15 is 0 Å². The molecule has 0 aliphatic heterocycles. The molecule has 0 bridgehead atoms. The number of halogens is 1. The van der Waals surface area contributed by atoms with Crippen LogP contribution in [0.15, 0.2) is 47.6 Å². The zero-order valence-electron chi connectivity index (χ0n) is 14.0. The molecule has 0 spiro atoms. The average Bonchev–Trinajstić information content (AvgIpc) is 2.90. The van der Waals surface area contributed by atoms with Gasteiger partial charge in [-0.3, -0.25) is 4.79 Å². The van der Waals surface area contributed by atoms with E-state index < -0.39 is 0 Å². The number of nitrogens with one attached hydrogen (secondary N) is 2. The molecule has 3 rings (SSSR count). The average molecular weight is 356 g/mol. The number of hydrogen-bond donors (Lipinski definition) is 2. The number of aryl methyl sites for hydroxylation is 2. The molecule has 0 fully saturated rings. The fourth-order valence-electron chi connectivity index (χ4n) is 2.62. The fourth-order valence-corrected chi connectivity index (χ4v) is 2.88. The first-order valence-electron chi connectivity index (χ1n) is 7.83. The Hall–Kier alpha value is -2.79. The van der Waals surface area contributed by atoms with Gasteiger partial charge in [0.15, 0.2) is 6.61 Å². The first-order chi connectivity index (χ1) is 12.1. The van der Waals surface area contributed by atoms with Gasteiger partial charge in [-0.1, -0.05) is 48.0 Å². The molecule has 0 aliphatic carbocycles. The maximum atomic E-state index is 11.9. The van der Waals surface area contributed by atoms with Crippen LogP contribution in [0, 0.1) is 13.8 Å². The largest absolute Gasteiger partial charge is 0.483 e. The lowest BCUT2D eigenvalue weighted by Gasteiger charge is -2.10. The normalized spacial score (nSPS) is 11.2. The molecule has 0 unspecified atom stereocenters. The predicted molar refractivity (Wildman–Crippen MR) is 100 cm³/mol. The minimum absolute atomic E-state index is 0.106. The number of amides is 1. The van der Waals surface area contributed by atoms with Crippen molar-refractivity contribution in [2.45, 2.75) is 13.8 Å². The second-order valence-electron chi connectivity index (χ2n) is 5.70. The molecule has 1 amide bonds. The van der Waals surface area contributed by atoms with Crippen LogP contribution in [0.3, 0.4) is 0 Å². The molecule has 1 aromatic heterocycles. The maximum absolute atomic E-state index is 11.9. The second kappa shape index (κ2) is 7.40. The van der Waals surface area contributed by atoms with Crippen molar-refractivity contribution in [2.75, 3.05) is 6.61 Å². The summed E-state index contributed by atoms with van der Waals surface area (Å²) in [6, 6.07) is 13.5. The Kier molecular flexibility index (Phi) is 5.05. The highest BCUT2D eigenvalue weighted by atomic mass is 35.5. The van der Waals surface area contributed by atoms with Crippen molar-refractivity contribution in [1.29, 1.82) is 0 Å². The minimum atomic E-state index is -0.338. The first kappa shape index (κ1) is 17.0. The number of para-hydroxylation sites is 2. The van der Waals surface area contributed by atoms with Crippen LogP contribution in [-0.2, 0) is 4.79 Å². The molecule has 128 valence electrons. The van der Waals surface area contributed by atoms with Crippen molar-refractivity contribution in [3.63, 3.8) is 0 Å². The number of carbonyl (C=O) groups is 1. The number of fused-ring (bicyclic) bond motifs is 1. The summed E-state index contributed by atoms with van der Waals surface area (Å²) in [7, 11) is 0. The van der Waals surface area contributed by atoms with Gasteiger partial charge in [-0.05, 0) is 31.0 Å². The lowest BCUT2D eigenvalue weighted by atomic mass is 10.1. The molecule has 2 N–H and O–H groups in total. The number of rotatable bonds is 5. The van der Waals surface area contributed by atoms with Gasteiger partial charge in [0.25, 0.3) is 5.91 Å². The highest BCUT2D eigenvalue weighted by molar-refractivity contribution is 6.34. The van der Waals surface area contributed by atoms with E-state index in [4.69, 9.17) is 16.3 Å². The number of carbonyl (C=O) groups excluding carboxylic acids is 1. The third kappa shape index (κ3) is 3.83. The van der Waals surface area contributed by atoms with E-state index in [1.807, 2.05) is 56.3 Å². The van der Waals surface area contributed by atoms with Crippen LogP contribution in [0.2, 0.25) is 5.15 Å². The number of ether oxygens (including phenoxy) is 1. The molecule has 0 saturated carbocycles. The number of benzene rings is 2. The predicted octanol–water partition coefficient (Wildman–Crippen LogP) is 3.97. The minimum Gasteiger partial charge on any atom is -0.483 e. The molecule has 0 atom stereocenters. The van der Waals surface area contributed by atoms with E-state index in [-0.39, 0.29) is 12.5 Å². The lowest BCUT2D eigenvalue weighted by Crippen LogP contribution is -2.25. The van der Waals surface area contributed by atoms with Gasteiger partial charge in [0.2, 0.25) is 0 Å². The Bertz CT molecular complexity index is 927. The molecule has 6 heteroatoms. The van der Waals surface area contributed by atoms with E-state index in [0.717, 1.165) is 33.3 Å². The number of hydrogen-bond acceptors (Lipinski definition) is 3. The number of nitrogens with zero attached hydrogens (tertiary/aromatic N) is 1. The molecule has 0 radical (unpaired) electrons. The van der Waals surface area contributed by atoms with Crippen LogP contribution in [-0.4, -0.2) is 23.7 Å². The molecule has 3 aromatic rings. The van der Waals surface area contributed by atoms with E-state index in [9.17, 15) is 4.79 Å². The third-order valence-corrected chi connectivity index (χ3v) is 4.14. The van der Waals surface area contributed by atoms with Gasteiger partial charge in [0.1, 0.15) is 10.9 Å². The van der Waals surface area contributed by atoms with Gasteiger partial charge in [-0.15, -0.1) is 0 Å². The third-order valence-electron chi connectivity index (χ3n) is 3.84. The van der Waals surface area contributed by atoms with Crippen LogP contribution >= 0.6 is 11.6 Å². The Morgan fingerprint density at radius 3 is 2.68 bits per heavy atom. The summed E-state index contributed by atoms with van der Waals surface area (Å²) in [6.07, 6.45) is 1.53. The molecule has 25 heavy (non-hydrogen) atoms. The van der Waals surface area contributed by atoms with Gasteiger partial charge in [-0.2, -0.15) is 5.10 Å². The maximum Gasteiger partial charge on any atom is 0.277 e. The monoisotopic (exact) mass is 355 g/mol. The highest BCUT2D eigenvalue weighted by Crippen LogP contribution is 2.24. The summed E-state index contributed by atoms with van der Waals surface area (Å²) in [4.78, 5) is 15.0. The van der Waals surface area contributed by atoms with Crippen molar-refractivity contribution >= 4 is 34.6 Å². The van der Waals surface area contributed by atoms with Crippen molar-refractivity contribution in [3.8, 4) is 5.75 Å². The summed E-state index contributed by atoms with van der Waals surface area (Å²) in [6.45, 7) is 3.78. The Morgan fingerprint density at radius 2 is 1.92 bits per heavy atom. The molecular formula is C19H18ClN3O2. The van der Waals surface area contributed by atoms with Crippen molar-refractivity contribution in [2.24, 2.45) is 5.10 Å². The Balaban J connectivity index is 1.62. The van der Waals surface area contributed by atoms with Crippen LogP contribution in [0.25, 0.3) is 10.9 Å². The summed E-state index contributed by atoms with van der Waals surface area (Å²) < 4.78 is 5.59. The van der Waals surface area contributed by atoms with Crippen LogP contribution in [0.1, 0.15) is 16.7 Å². The van der Waals surface area contributed by atoms with Crippen molar-refractivity contribution in [3.05, 3.63) is 64.3 Å². The molecule has 5 nitrogen and oxygen atoms in total. The summed E-state index contributed by atoms with van der Waals surface area (Å²) in [5, 5.41) is 5.39.